The van der Waals surface area contributed by atoms with E-state index in [4.69, 9.17) is 0 Å². The van der Waals surface area contributed by atoms with Crippen LogP contribution in [0.2, 0.25) is 0 Å². The lowest BCUT2D eigenvalue weighted by atomic mass is 10.1. The van der Waals surface area contributed by atoms with Crippen molar-refractivity contribution in [1.82, 2.24) is 20.0 Å². The molecule has 7 heteroatoms. The molecule has 7 nitrogen and oxygen atoms in total. The standard InChI is InChI=1S/C24H39N5O2/c1-20(23(31)29-17-15-28(16-18-29)21-9-6-5-7-10-21)27-12-8-11-26(13-14-27)19-22(30)25-24(2,3)4/h5-7,9-10,20H,8,11-19H2,1-4H3,(H,25,30)/t20-/m0/s1. The summed E-state index contributed by atoms with van der Waals surface area (Å²) >= 11 is 0. The highest BCUT2D eigenvalue weighted by molar-refractivity contribution is 5.82. The summed E-state index contributed by atoms with van der Waals surface area (Å²) in [5.41, 5.74) is 1.02. The van der Waals surface area contributed by atoms with Crippen molar-refractivity contribution >= 4 is 17.5 Å². The quantitative estimate of drug-likeness (QED) is 0.771. The van der Waals surface area contributed by atoms with E-state index in [2.05, 4.69) is 44.3 Å². The maximum absolute atomic E-state index is 13.2. The van der Waals surface area contributed by atoms with Crippen LogP contribution >= 0.6 is 0 Å². The van der Waals surface area contributed by atoms with E-state index in [0.29, 0.717) is 6.54 Å². The summed E-state index contributed by atoms with van der Waals surface area (Å²) in [6, 6.07) is 10.3. The number of piperazine rings is 1. The van der Waals surface area contributed by atoms with E-state index in [1.807, 2.05) is 38.7 Å². The number of hydrogen-bond donors (Lipinski definition) is 1. The molecule has 172 valence electrons. The second-order valence-corrected chi connectivity index (χ2v) is 9.79. The molecule has 1 aromatic carbocycles. The van der Waals surface area contributed by atoms with E-state index in [9.17, 15) is 9.59 Å². The van der Waals surface area contributed by atoms with Gasteiger partial charge in [0, 0.05) is 57.0 Å². The molecule has 0 saturated carbocycles. The largest absolute Gasteiger partial charge is 0.368 e. The number of nitrogens with zero attached hydrogens (tertiary/aromatic N) is 4. The molecular formula is C24H39N5O2. The predicted octanol–water partition coefficient (Wildman–Crippen LogP) is 1.65. The molecule has 0 aliphatic carbocycles. The Morgan fingerprint density at radius 3 is 2.26 bits per heavy atom. The van der Waals surface area contributed by atoms with Gasteiger partial charge in [-0.1, -0.05) is 18.2 Å². The Bertz CT molecular complexity index is 725. The molecule has 2 aliphatic heterocycles. The van der Waals surface area contributed by atoms with Crippen LogP contribution in [0, 0.1) is 0 Å². The van der Waals surface area contributed by atoms with Gasteiger partial charge in [-0.2, -0.15) is 0 Å². The minimum Gasteiger partial charge on any atom is -0.368 e. The highest BCUT2D eigenvalue weighted by atomic mass is 16.2. The maximum atomic E-state index is 13.2. The van der Waals surface area contributed by atoms with E-state index in [0.717, 1.165) is 58.8 Å². The average molecular weight is 430 g/mol. The van der Waals surface area contributed by atoms with Crippen LogP contribution in [0.15, 0.2) is 30.3 Å². The van der Waals surface area contributed by atoms with Crippen LogP contribution in [0.25, 0.3) is 0 Å². The smallest absolute Gasteiger partial charge is 0.239 e. The second-order valence-electron chi connectivity index (χ2n) is 9.79. The van der Waals surface area contributed by atoms with E-state index < -0.39 is 0 Å². The molecule has 2 aliphatic rings. The Morgan fingerprint density at radius 2 is 1.61 bits per heavy atom. The Hall–Kier alpha value is -2.12. The van der Waals surface area contributed by atoms with E-state index in [1.165, 1.54) is 5.69 Å². The van der Waals surface area contributed by atoms with Crippen molar-refractivity contribution in [2.45, 2.75) is 45.7 Å². The minimum absolute atomic E-state index is 0.0707. The van der Waals surface area contributed by atoms with Gasteiger partial charge in [0.25, 0.3) is 0 Å². The summed E-state index contributed by atoms with van der Waals surface area (Å²) in [5, 5.41) is 3.04. The SMILES string of the molecule is C[C@@H](C(=O)N1CCN(c2ccccc2)CC1)N1CCCN(CC(=O)NC(C)(C)C)CC1. The van der Waals surface area contributed by atoms with Crippen molar-refractivity contribution in [3.8, 4) is 0 Å². The second kappa shape index (κ2) is 10.5. The van der Waals surface area contributed by atoms with Gasteiger partial charge in [-0.3, -0.25) is 19.4 Å². The van der Waals surface area contributed by atoms with Crippen LogP contribution in [0.4, 0.5) is 5.69 Å². The van der Waals surface area contributed by atoms with Gasteiger partial charge in [-0.25, -0.2) is 0 Å². The van der Waals surface area contributed by atoms with Gasteiger partial charge in [0.15, 0.2) is 0 Å². The van der Waals surface area contributed by atoms with Crippen LogP contribution in [0.1, 0.15) is 34.1 Å². The third kappa shape index (κ3) is 6.94. The number of benzene rings is 1. The summed E-state index contributed by atoms with van der Waals surface area (Å²) in [6.45, 7) is 15.2. The summed E-state index contributed by atoms with van der Waals surface area (Å²) in [4.78, 5) is 34.3. The molecular weight excluding hydrogens is 390 g/mol. The summed E-state index contributed by atoms with van der Waals surface area (Å²) in [6.07, 6.45) is 0.974. The normalized spacial score (nSPS) is 20.3. The fraction of sp³-hybridized carbons (Fsp3) is 0.667. The van der Waals surface area contributed by atoms with E-state index in [-0.39, 0.29) is 23.4 Å². The van der Waals surface area contributed by atoms with Crippen molar-refractivity contribution in [1.29, 1.82) is 0 Å². The molecule has 2 fully saturated rings. The minimum atomic E-state index is -0.208. The molecule has 2 saturated heterocycles. The fourth-order valence-electron chi connectivity index (χ4n) is 4.44. The molecule has 1 N–H and O–H groups in total. The third-order valence-corrected chi connectivity index (χ3v) is 6.12. The number of rotatable bonds is 5. The fourth-order valence-corrected chi connectivity index (χ4v) is 4.44. The number of amides is 2. The van der Waals surface area contributed by atoms with Crippen LogP contribution in [0.3, 0.4) is 0 Å². The van der Waals surface area contributed by atoms with Crippen LogP contribution in [0.5, 0.6) is 0 Å². The van der Waals surface area contributed by atoms with Crippen molar-refractivity contribution in [2.24, 2.45) is 0 Å². The zero-order valence-electron chi connectivity index (χ0n) is 19.6. The molecule has 2 amide bonds. The van der Waals surface area contributed by atoms with Gasteiger partial charge in [0.1, 0.15) is 0 Å². The highest BCUT2D eigenvalue weighted by Crippen LogP contribution is 2.17. The topological polar surface area (TPSA) is 59.1 Å². The maximum Gasteiger partial charge on any atom is 0.239 e. The zero-order chi connectivity index (χ0) is 22.4. The van der Waals surface area contributed by atoms with Crippen LogP contribution in [-0.2, 0) is 9.59 Å². The van der Waals surface area contributed by atoms with Gasteiger partial charge in [-0.15, -0.1) is 0 Å². The number of carbonyl (C=O) groups excluding carboxylic acids is 2. The van der Waals surface area contributed by atoms with Gasteiger partial charge in [0.2, 0.25) is 11.8 Å². The molecule has 2 heterocycles. The molecule has 3 rings (SSSR count). The van der Waals surface area contributed by atoms with Gasteiger partial charge < -0.3 is 15.1 Å². The molecule has 0 aromatic heterocycles. The first-order valence-corrected chi connectivity index (χ1v) is 11.6. The lowest BCUT2D eigenvalue weighted by molar-refractivity contribution is -0.136. The molecule has 0 radical (unpaired) electrons. The lowest BCUT2D eigenvalue weighted by Crippen LogP contribution is -2.54. The van der Waals surface area contributed by atoms with Gasteiger partial charge in [0.05, 0.1) is 12.6 Å². The van der Waals surface area contributed by atoms with Gasteiger partial charge >= 0.3 is 0 Å². The number of hydrogen-bond acceptors (Lipinski definition) is 5. The van der Waals surface area contributed by atoms with Crippen molar-refractivity contribution in [2.75, 3.05) is 63.8 Å². The third-order valence-electron chi connectivity index (χ3n) is 6.12. The Labute approximate surface area is 187 Å². The molecule has 1 atom stereocenters. The lowest BCUT2D eigenvalue weighted by Gasteiger charge is -2.39. The summed E-state index contributed by atoms with van der Waals surface area (Å²) in [5.74, 6) is 0.299. The van der Waals surface area contributed by atoms with Crippen LogP contribution in [-0.4, -0.2) is 97.0 Å². The first-order chi connectivity index (χ1) is 14.7. The first-order valence-electron chi connectivity index (χ1n) is 11.6. The Kier molecular flexibility index (Phi) is 7.94. The molecule has 0 spiro atoms. The predicted molar refractivity (Wildman–Crippen MR) is 125 cm³/mol. The van der Waals surface area contributed by atoms with E-state index in [1.54, 1.807) is 0 Å². The zero-order valence-corrected chi connectivity index (χ0v) is 19.6. The molecule has 0 unspecified atom stereocenters. The number of para-hydroxylation sites is 1. The molecule has 31 heavy (non-hydrogen) atoms. The molecule has 1 aromatic rings. The van der Waals surface area contributed by atoms with Gasteiger partial charge in [-0.05, 0) is 52.8 Å². The summed E-state index contributed by atoms with van der Waals surface area (Å²) < 4.78 is 0. The highest BCUT2D eigenvalue weighted by Gasteiger charge is 2.30. The number of nitrogens with one attached hydrogen (secondary N) is 1. The van der Waals surface area contributed by atoms with Crippen molar-refractivity contribution < 1.29 is 9.59 Å². The number of carbonyl (C=O) groups is 2. The van der Waals surface area contributed by atoms with Crippen molar-refractivity contribution in [3.63, 3.8) is 0 Å². The average Bonchev–Trinajstić information content (AvgIpc) is 2.97. The first kappa shape index (κ1) is 23.5. The Morgan fingerprint density at radius 1 is 0.935 bits per heavy atom. The van der Waals surface area contributed by atoms with E-state index >= 15 is 0 Å². The van der Waals surface area contributed by atoms with Crippen molar-refractivity contribution in [3.05, 3.63) is 30.3 Å². The summed E-state index contributed by atoms with van der Waals surface area (Å²) in [7, 11) is 0. The molecule has 0 bridgehead atoms. The Balaban J connectivity index is 1.46. The monoisotopic (exact) mass is 429 g/mol. The van der Waals surface area contributed by atoms with Crippen LogP contribution < -0.4 is 10.2 Å². The number of anilines is 1.